The minimum absolute atomic E-state index is 0.0862. The third-order valence-corrected chi connectivity index (χ3v) is 4.00. The van der Waals surface area contributed by atoms with Crippen LogP contribution >= 0.6 is 11.6 Å². The number of carboxylic acid groups (broad SMARTS) is 1. The van der Waals surface area contributed by atoms with E-state index in [-0.39, 0.29) is 5.69 Å². The summed E-state index contributed by atoms with van der Waals surface area (Å²) in [5.74, 6) is -1.06. The Morgan fingerprint density at radius 3 is 2.86 bits per heavy atom. The zero-order valence-corrected chi connectivity index (χ0v) is 12.3. The predicted molar refractivity (Wildman–Crippen MR) is 78.6 cm³/mol. The van der Waals surface area contributed by atoms with Crippen molar-refractivity contribution in [2.45, 2.75) is 18.9 Å². The number of hydrogen-bond acceptors (Lipinski definition) is 4. The van der Waals surface area contributed by atoms with Crippen molar-refractivity contribution in [2.75, 3.05) is 6.54 Å². The topological polar surface area (TPSA) is 83.6 Å². The molecule has 1 fully saturated rings. The standard InChI is InChI=1S/C15H13ClN2O4/c16-10-5-2-1-4-9(10)13-8-11(17-22-13)14(19)18-7-3-6-12(18)15(20)21/h1-2,4-5,8,12H,3,6-7H2,(H,20,21)/t12-/m1/s1. The maximum absolute atomic E-state index is 12.4. The largest absolute Gasteiger partial charge is 0.480 e. The van der Waals surface area contributed by atoms with Crippen molar-refractivity contribution in [3.63, 3.8) is 0 Å². The van der Waals surface area contributed by atoms with Gasteiger partial charge in [0.25, 0.3) is 5.91 Å². The molecule has 0 unspecified atom stereocenters. The zero-order chi connectivity index (χ0) is 15.7. The third kappa shape index (κ3) is 2.57. The molecule has 1 atom stereocenters. The van der Waals surface area contributed by atoms with Gasteiger partial charge in [-0.3, -0.25) is 4.79 Å². The molecule has 1 aromatic heterocycles. The smallest absolute Gasteiger partial charge is 0.326 e. The van der Waals surface area contributed by atoms with Gasteiger partial charge in [-0.25, -0.2) is 4.79 Å². The number of likely N-dealkylation sites (tertiary alicyclic amines) is 1. The minimum Gasteiger partial charge on any atom is -0.480 e. The average Bonchev–Trinajstić information content (AvgIpc) is 3.16. The summed E-state index contributed by atoms with van der Waals surface area (Å²) >= 11 is 6.08. The number of rotatable bonds is 3. The van der Waals surface area contributed by atoms with Gasteiger partial charge in [-0.15, -0.1) is 0 Å². The fourth-order valence-corrected chi connectivity index (χ4v) is 2.81. The second-order valence-corrected chi connectivity index (χ2v) is 5.46. The molecule has 1 amide bonds. The van der Waals surface area contributed by atoms with Crippen molar-refractivity contribution in [1.82, 2.24) is 10.1 Å². The lowest BCUT2D eigenvalue weighted by molar-refractivity contribution is -0.141. The van der Waals surface area contributed by atoms with Gasteiger partial charge in [-0.05, 0) is 25.0 Å². The van der Waals surface area contributed by atoms with E-state index in [0.29, 0.717) is 35.7 Å². The number of aliphatic carboxylic acids is 1. The van der Waals surface area contributed by atoms with E-state index in [1.807, 2.05) is 0 Å². The third-order valence-electron chi connectivity index (χ3n) is 3.67. The Kier molecular flexibility index (Phi) is 3.85. The van der Waals surface area contributed by atoms with Gasteiger partial charge >= 0.3 is 5.97 Å². The number of aromatic nitrogens is 1. The quantitative estimate of drug-likeness (QED) is 0.940. The van der Waals surface area contributed by atoms with Gasteiger partial charge in [0, 0.05) is 18.2 Å². The molecule has 114 valence electrons. The lowest BCUT2D eigenvalue weighted by Crippen LogP contribution is -2.40. The molecular formula is C15H13ClN2O4. The van der Waals surface area contributed by atoms with Crippen molar-refractivity contribution < 1.29 is 19.2 Å². The Morgan fingerprint density at radius 1 is 1.36 bits per heavy atom. The van der Waals surface area contributed by atoms with Crippen molar-refractivity contribution in [2.24, 2.45) is 0 Å². The maximum Gasteiger partial charge on any atom is 0.326 e. The molecule has 0 bridgehead atoms. The number of benzene rings is 1. The molecule has 0 spiro atoms. The van der Waals surface area contributed by atoms with Gasteiger partial charge in [0.2, 0.25) is 0 Å². The van der Waals surface area contributed by atoms with E-state index in [4.69, 9.17) is 21.2 Å². The van der Waals surface area contributed by atoms with Crippen LogP contribution < -0.4 is 0 Å². The summed E-state index contributed by atoms with van der Waals surface area (Å²) in [6.45, 7) is 0.407. The molecule has 0 saturated carbocycles. The number of carbonyl (C=O) groups is 2. The van der Waals surface area contributed by atoms with Gasteiger partial charge in [-0.1, -0.05) is 28.9 Å². The highest BCUT2D eigenvalue weighted by Crippen LogP contribution is 2.29. The number of carbonyl (C=O) groups excluding carboxylic acids is 1. The van der Waals surface area contributed by atoms with Gasteiger partial charge in [0.15, 0.2) is 11.5 Å². The summed E-state index contributed by atoms with van der Waals surface area (Å²) in [4.78, 5) is 24.9. The fourth-order valence-electron chi connectivity index (χ4n) is 2.58. The van der Waals surface area contributed by atoms with Crippen LogP contribution in [-0.4, -0.2) is 39.6 Å². The highest BCUT2D eigenvalue weighted by Gasteiger charge is 2.35. The van der Waals surface area contributed by atoms with E-state index in [9.17, 15) is 9.59 Å². The van der Waals surface area contributed by atoms with Gasteiger partial charge in [-0.2, -0.15) is 0 Å². The van der Waals surface area contributed by atoms with E-state index in [0.717, 1.165) is 0 Å². The van der Waals surface area contributed by atoms with Crippen LogP contribution in [0.3, 0.4) is 0 Å². The SMILES string of the molecule is O=C(O)[C@H]1CCCN1C(=O)c1cc(-c2ccccc2Cl)on1. The second-order valence-electron chi connectivity index (χ2n) is 5.05. The first-order valence-corrected chi connectivity index (χ1v) is 7.21. The van der Waals surface area contributed by atoms with Crippen LogP contribution in [0, 0.1) is 0 Å². The lowest BCUT2D eigenvalue weighted by Gasteiger charge is -2.19. The first-order chi connectivity index (χ1) is 10.6. The molecular weight excluding hydrogens is 308 g/mol. The van der Waals surface area contributed by atoms with Crippen LogP contribution in [0.25, 0.3) is 11.3 Å². The fraction of sp³-hybridized carbons (Fsp3) is 0.267. The summed E-state index contributed by atoms with van der Waals surface area (Å²) in [7, 11) is 0. The summed E-state index contributed by atoms with van der Waals surface area (Å²) in [6.07, 6.45) is 1.12. The molecule has 2 aromatic rings. The lowest BCUT2D eigenvalue weighted by atomic mass is 10.1. The van der Waals surface area contributed by atoms with Gasteiger partial charge in [0.1, 0.15) is 6.04 Å². The highest BCUT2D eigenvalue weighted by atomic mass is 35.5. The van der Waals surface area contributed by atoms with Crippen LogP contribution in [0.5, 0.6) is 0 Å². The van der Waals surface area contributed by atoms with E-state index < -0.39 is 17.9 Å². The first kappa shape index (κ1) is 14.6. The average molecular weight is 321 g/mol. The number of amides is 1. The molecule has 0 radical (unpaired) electrons. The summed E-state index contributed by atoms with van der Waals surface area (Å²) in [5, 5.41) is 13.4. The van der Waals surface area contributed by atoms with E-state index in [2.05, 4.69) is 5.16 Å². The minimum atomic E-state index is -0.999. The van der Waals surface area contributed by atoms with Crippen molar-refractivity contribution in [3.8, 4) is 11.3 Å². The molecule has 3 rings (SSSR count). The van der Waals surface area contributed by atoms with Crippen LogP contribution in [0.4, 0.5) is 0 Å². The normalized spacial score (nSPS) is 17.7. The van der Waals surface area contributed by atoms with Crippen LogP contribution in [0.2, 0.25) is 5.02 Å². The van der Waals surface area contributed by atoms with Crippen molar-refractivity contribution >= 4 is 23.5 Å². The molecule has 1 aliphatic rings. The van der Waals surface area contributed by atoms with E-state index in [1.54, 1.807) is 24.3 Å². The summed E-state index contributed by atoms with van der Waals surface area (Å²) < 4.78 is 5.18. The number of carboxylic acids is 1. The number of halogens is 1. The van der Waals surface area contributed by atoms with Crippen molar-refractivity contribution in [1.29, 1.82) is 0 Å². The molecule has 6 nitrogen and oxygen atoms in total. The van der Waals surface area contributed by atoms with E-state index in [1.165, 1.54) is 11.0 Å². The molecule has 1 N–H and O–H groups in total. The zero-order valence-electron chi connectivity index (χ0n) is 11.5. The molecule has 1 saturated heterocycles. The monoisotopic (exact) mass is 320 g/mol. The molecule has 1 aromatic carbocycles. The Balaban J connectivity index is 1.86. The first-order valence-electron chi connectivity index (χ1n) is 6.83. The number of hydrogen-bond donors (Lipinski definition) is 1. The second kappa shape index (κ2) is 5.81. The molecule has 0 aliphatic carbocycles. The van der Waals surface area contributed by atoms with Crippen LogP contribution in [-0.2, 0) is 4.79 Å². The van der Waals surface area contributed by atoms with Crippen LogP contribution in [0.1, 0.15) is 23.3 Å². The Labute approximate surface area is 131 Å². The Bertz CT molecular complexity index is 728. The van der Waals surface area contributed by atoms with Crippen LogP contribution in [0.15, 0.2) is 34.9 Å². The van der Waals surface area contributed by atoms with Gasteiger partial charge < -0.3 is 14.5 Å². The predicted octanol–water partition coefficient (Wildman–Crippen LogP) is 2.68. The number of nitrogens with zero attached hydrogens (tertiary/aromatic N) is 2. The molecule has 2 heterocycles. The van der Waals surface area contributed by atoms with E-state index >= 15 is 0 Å². The molecule has 22 heavy (non-hydrogen) atoms. The molecule has 1 aliphatic heterocycles. The summed E-state index contributed by atoms with van der Waals surface area (Å²) in [5.41, 5.74) is 0.718. The maximum atomic E-state index is 12.4. The molecule has 7 heteroatoms. The highest BCUT2D eigenvalue weighted by molar-refractivity contribution is 6.33. The van der Waals surface area contributed by atoms with Gasteiger partial charge in [0.05, 0.1) is 5.02 Å². The Morgan fingerprint density at radius 2 is 2.14 bits per heavy atom. The Hall–Kier alpha value is -2.34. The summed E-state index contributed by atoms with van der Waals surface area (Å²) in [6, 6.07) is 7.74. The van der Waals surface area contributed by atoms with Crippen molar-refractivity contribution in [3.05, 3.63) is 41.0 Å².